The largest absolute Gasteiger partial charge is 0.497 e. The predicted molar refractivity (Wildman–Crippen MR) is 133 cm³/mol. The summed E-state index contributed by atoms with van der Waals surface area (Å²) in [5.41, 5.74) is 0.464. The molecule has 0 radical (unpaired) electrons. The van der Waals surface area contributed by atoms with Crippen LogP contribution in [0.5, 0.6) is 5.75 Å². The van der Waals surface area contributed by atoms with Gasteiger partial charge in [0.15, 0.2) is 11.8 Å². The Balaban J connectivity index is 1.65. The van der Waals surface area contributed by atoms with Gasteiger partial charge < -0.3 is 24.2 Å². The van der Waals surface area contributed by atoms with E-state index in [-0.39, 0.29) is 24.3 Å². The van der Waals surface area contributed by atoms with Crippen LogP contribution in [0, 0.1) is 6.92 Å². The Morgan fingerprint density at radius 2 is 1.81 bits per heavy atom. The van der Waals surface area contributed by atoms with Crippen molar-refractivity contribution in [2.75, 3.05) is 18.6 Å². The summed E-state index contributed by atoms with van der Waals surface area (Å²) in [6.07, 6.45) is 6.42. The molecule has 3 amide bonds. The number of amides is 3. The van der Waals surface area contributed by atoms with Crippen LogP contribution < -0.4 is 20.3 Å². The summed E-state index contributed by atoms with van der Waals surface area (Å²) in [6, 6.07) is 12.3. The maximum absolute atomic E-state index is 13.7. The first kappa shape index (κ1) is 25.1. The number of benzene rings is 1. The summed E-state index contributed by atoms with van der Waals surface area (Å²) in [5.74, 6) is 0.299. The number of aryl methyl sites for hydroxylation is 1. The van der Waals surface area contributed by atoms with Crippen LogP contribution in [0.1, 0.15) is 60.2 Å². The number of rotatable bonds is 9. The number of furan rings is 2. The molecule has 9 heteroatoms. The minimum Gasteiger partial charge on any atom is -0.497 e. The average molecular weight is 494 g/mol. The number of hydrogen-bond acceptors (Lipinski definition) is 6. The van der Waals surface area contributed by atoms with E-state index in [1.54, 1.807) is 56.5 Å². The maximum Gasteiger partial charge on any atom is 0.287 e. The van der Waals surface area contributed by atoms with Crippen molar-refractivity contribution in [3.63, 3.8) is 0 Å². The molecule has 190 valence electrons. The van der Waals surface area contributed by atoms with Gasteiger partial charge in [0.25, 0.3) is 11.8 Å². The topological polar surface area (TPSA) is 114 Å². The Bertz CT molecular complexity index is 1160. The minimum absolute atomic E-state index is 0.0382. The second kappa shape index (κ2) is 11.6. The van der Waals surface area contributed by atoms with Crippen LogP contribution in [0.2, 0.25) is 0 Å². The van der Waals surface area contributed by atoms with Gasteiger partial charge in [-0.1, -0.05) is 19.3 Å². The molecule has 4 rings (SSSR count). The van der Waals surface area contributed by atoms with E-state index in [0.29, 0.717) is 23.0 Å². The highest BCUT2D eigenvalue weighted by atomic mass is 16.5. The summed E-state index contributed by atoms with van der Waals surface area (Å²) < 4.78 is 16.2. The van der Waals surface area contributed by atoms with Crippen LogP contribution in [-0.4, -0.2) is 37.4 Å². The lowest BCUT2D eigenvalue weighted by Crippen LogP contribution is -2.49. The molecule has 9 nitrogen and oxygen atoms in total. The van der Waals surface area contributed by atoms with Crippen molar-refractivity contribution in [2.45, 2.75) is 51.1 Å². The monoisotopic (exact) mass is 493 g/mol. The summed E-state index contributed by atoms with van der Waals surface area (Å²) in [5, 5.41) is 5.70. The third kappa shape index (κ3) is 5.97. The number of ether oxygens (including phenoxy) is 1. The van der Waals surface area contributed by atoms with Crippen LogP contribution in [0.15, 0.2) is 63.6 Å². The third-order valence-electron chi connectivity index (χ3n) is 6.25. The molecule has 2 aromatic heterocycles. The Kier molecular flexibility index (Phi) is 8.10. The normalized spacial score (nSPS) is 14.6. The first-order valence-corrected chi connectivity index (χ1v) is 12.1. The van der Waals surface area contributed by atoms with Crippen LogP contribution in [0.25, 0.3) is 0 Å². The average Bonchev–Trinajstić information content (AvgIpc) is 3.58. The second-order valence-corrected chi connectivity index (χ2v) is 8.82. The van der Waals surface area contributed by atoms with Gasteiger partial charge in [-0.3, -0.25) is 19.3 Å². The van der Waals surface area contributed by atoms with Gasteiger partial charge in [0.1, 0.15) is 17.3 Å². The van der Waals surface area contributed by atoms with Crippen molar-refractivity contribution in [1.82, 2.24) is 10.6 Å². The summed E-state index contributed by atoms with van der Waals surface area (Å²) in [7, 11) is 1.55. The minimum atomic E-state index is -1.07. The SMILES string of the molecule is COc1ccc(N(C(=O)CNC(=O)c2ccco2)[C@@H](C(=O)NC2CCCCC2)c2ccc(C)o2)cc1. The van der Waals surface area contributed by atoms with E-state index in [1.165, 1.54) is 17.2 Å². The summed E-state index contributed by atoms with van der Waals surface area (Å²) >= 11 is 0. The highest BCUT2D eigenvalue weighted by Crippen LogP contribution is 2.31. The molecule has 1 fully saturated rings. The molecule has 0 spiro atoms. The van der Waals surface area contributed by atoms with Gasteiger partial charge in [-0.25, -0.2) is 0 Å². The van der Waals surface area contributed by atoms with Crippen molar-refractivity contribution in [3.05, 3.63) is 72.1 Å². The standard InChI is InChI=1S/C27H31N3O6/c1-18-10-15-22(36-18)25(27(33)29-19-7-4-3-5-8-19)30(20-11-13-21(34-2)14-12-20)24(31)17-28-26(32)23-9-6-16-35-23/h6,9-16,19,25H,3-5,7-8,17H2,1-2H3,(H,28,32)(H,29,33)/t25-/m1/s1. The molecule has 0 saturated heterocycles. The van der Waals surface area contributed by atoms with Gasteiger partial charge in [-0.2, -0.15) is 0 Å². The van der Waals surface area contributed by atoms with Gasteiger partial charge in [0.05, 0.1) is 19.9 Å². The lowest BCUT2D eigenvalue weighted by molar-refractivity contribution is -0.127. The van der Waals surface area contributed by atoms with E-state index in [9.17, 15) is 14.4 Å². The molecule has 1 aromatic carbocycles. The molecule has 0 unspecified atom stereocenters. The number of nitrogens with zero attached hydrogens (tertiary/aromatic N) is 1. The zero-order valence-electron chi connectivity index (χ0n) is 20.5. The van der Waals surface area contributed by atoms with Gasteiger partial charge in [0.2, 0.25) is 5.91 Å². The smallest absolute Gasteiger partial charge is 0.287 e. The zero-order valence-corrected chi connectivity index (χ0v) is 20.5. The fourth-order valence-electron chi connectivity index (χ4n) is 4.42. The molecular weight excluding hydrogens is 462 g/mol. The van der Waals surface area contributed by atoms with E-state index >= 15 is 0 Å². The molecule has 36 heavy (non-hydrogen) atoms. The number of hydrogen-bond donors (Lipinski definition) is 2. The van der Waals surface area contributed by atoms with Crippen molar-refractivity contribution in [2.24, 2.45) is 0 Å². The molecule has 1 saturated carbocycles. The molecule has 3 aromatic rings. The Labute approximate surface area is 209 Å². The first-order valence-electron chi connectivity index (χ1n) is 12.1. The number of carbonyl (C=O) groups excluding carboxylic acids is 3. The number of methoxy groups -OCH3 is 1. The molecule has 1 atom stereocenters. The lowest BCUT2D eigenvalue weighted by atomic mass is 9.95. The van der Waals surface area contributed by atoms with E-state index in [4.69, 9.17) is 13.6 Å². The summed E-state index contributed by atoms with van der Waals surface area (Å²) in [4.78, 5) is 41.1. The van der Waals surface area contributed by atoms with Crippen LogP contribution in [0.3, 0.4) is 0 Å². The van der Waals surface area contributed by atoms with Crippen molar-refractivity contribution < 1.29 is 28.0 Å². The van der Waals surface area contributed by atoms with E-state index in [0.717, 1.165) is 32.1 Å². The molecule has 0 bridgehead atoms. The fourth-order valence-corrected chi connectivity index (χ4v) is 4.42. The predicted octanol–water partition coefficient (Wildman–Crippen LogP) is 4.14. The van der Waals surface area contributed by atoms with Crippen LogP contribution in [-0.2, 0) is 9.59 Å². The Hall–Kier alpha value is -4.01. The highest BCUT2D eigenvalue weighted by Gasteiger charge is 2.36. The van der Waals surface area contributed by atoms with Gasteiger partial charge >= 0.3 is 0 Å². The van der Waals surface area contributed by atoms with Crippen molar-refractivity contribution >= 4 is 23.4 Å². The fraction of sp³-hybridized carbons (Fsp3) is 0.370. The third-order valence-corrected chi connectivity index (χ3v) is 6.25. The number of nitrogens with one attached hydrogen (secondary N) is 2. The maximum atomic E-state index is 13.7. The molecule has 0 aliphatic heterocycles. The first-order chi connectivity index (χ1) is 17.5. The molecule has 1 aliphatic rings. The van der Waals surface area contributed by atoms with E-state index < -0.39 is 17.9 Å². The number of carbonyl (C=O) groups is 3. The second-order valence-electron chi connectivity index (χ2n) is 8.82. The van der Waals surface area contributed by atoms with Gasteiger partial charge in [0, 0.05) is 11.7 Å². The lowest BCUT2D eigenvalue weighted by Gasteiger charge is -2.32. The van der Waals surface area contributed by atoms with Crippen molar-refractivity contribution in [1.29, 1.82) is 0 Å². The molecular formula is C27H31N3O6. The molecule has 2 N–H and O–H groups in total. The van der Waals surface area contributed by atoms with Crippen LogP contribution in [0.4, 0.5) is 5.69 Å². The van der Waals surface area contributed by atoms with Gasteiger partial charge in [-0.15, -0.1) is 0 Å². The highest BCUT2D eigenvalue weighted by molar-refractivity contribution is 6.04. The Morgan fingerprint density at radius 1 is 1.06 bits per heavy atom. The van der Waals surface area contributed by atoms with Crippen molar-refractivity contribution in [3.8, 4) is 5.75 Å². The van der Waals surface area contributed by atoms with Crippen LogP contribution >= 0.6 is 0 Å². The Morgan fingerprint density at radius 3 is 2.42 bits per heavy atom. The molecule has 1 aliphatic carbocycles. The summed E-state index contributed by atoms with van der Waals surface area (Å²) in [6.45, 7) is 1.43. The number of anilines is 1. The quantitative estimate of drug-likeness (QED) is 0.463. The van der Waals surface area contributed by atoms with Gasteiger partial charge in [-0.05, 0) is 68.3 Å². The zero-order chi connectivity index (χ0) is 25.5. The van der Waals surface area contributed by atoms with E-state index in [2.05, 4.69) is 10.6 Å². The molecule has 2 heterocycles. The van der Waals surface area contributed by atoms with E-state index in [1.807, 2.05) is 0 Å².